The summed E-state index contributed by atoms with van der Waals surface area (Å²) in [4.78, 5) is 10.2. The van der Waals surface area contributed by atoms with E-state index < -0.39 is 0 Å². The van der Waals surface area contributed by atoms with Gasteiger partial charge in [0.2, 0.25) is 0 Å². The molecule has 5 heteroatoms. The quantitative estimate of drug-likeness (QED) is 0.869. The van der Waals surface area contributed by atoms with Gasteiger partial charge in [-0.2, -0.15) is 0 Å². The van der Waals surface area contributed by atoms with Gasteiger partial charge in [0.15, 0.2) is 0 Å². The average molecular weight is 263 g/mol. The Morgan fingerprint density at radius 2 is 2.28 bits per heavy atom. The van der Waals surface area contributed by atoms with E-state index in [0.29, 0.717) is 6.61 Å². The van der Waals surface area contributed by atoms with Crippen LogP contribution in [0.2, 0.25) is 0 Å². The smallest absolute Gasteiger partial charge is 0.142 e. The molecule has 0 bridgehead atoms. The van der Waals surface area contributed by atoms with E-state index in [4.69, 9.17) is 4.74 Å². The van der Waals surface area contributed by atoms with Crippen LogP contribution in [-0.4, -0.2) is 23.6 Å². The van der Waals surface area contributed by atoms with Crippen LogP contribution < -0.4 is 5.32 Å². The largest absolute Gasteiger partial charge is 0.378 e. The molecule has 0 aliphatic rings. The van der Waals surface area contributed by atoms with E-state index in [9.17, 15) is 0 Å². The molecular formula is C13H17N3OS. The number of methoxy groups -OCH3 is 1. The van der Waals surface area contributed by atoms with Crippen molar-refractivity contribution in [3.63, 3.8) is 0 Å². The Hall–Kier alpha value is -1.30. The molecule has 0 atom stereocenters. The third-order valence-corrected chi connectivity index (χ3v) is 3.60. The minimum Gasteiger partial charge on any atom is -0.378 e. The minimum absolute atomic E-state index is 0.546. The third kappa shape index (κ3) is 3.13. The average Bonchev–Trinajstić information content (AvgIpc) is 2.81. The van der Waals surface area contributed by atoms with Crippen molar-refractivity contribution in [2.75, 3.05) is 13.7 Å². The van der Waals surface area contributed by atoms with Crippen molar-refractivity contribution in [1.29, 1.82) is 0 Å². The van der Waals surface area contributed by atoms with Crippen molar-refractivity contribution in [2.45, 2.75) is 20.1 Å². The first-order valence-corrected chi connectivity index (χ1v) is 6.76. The van der Waals surface area contributed by atoms with E-state index in [-0.39, 0.29) is 0 Å². The van der Waals surface area contributed by atoms with Crippen LogP contribution in [0, 0.1) is 0 Å². The monoisotopic (exact) mass is 263 g/mol. The maximum Gasteiger partial charge on any atom is 0.142 e. The molecule has 0 aliphatic carbocycles. The Labute approximate surface area is 111 Å². The van der Waals surface area contributed by atoms with Gasteiger partial charge in [-0.15, -0.1) is 11.3 Å². The van der Waals surface area contributed by atoms with Crippen LogP contribution in [0.5, 0.6) is 0 Å². The second kappa shape index (κ2) is 6.58. The zero-order valence-electron chi connectivity index (χ0n) is 10.6. The highest BCUT2D eigenvalue weighted by atomic mass is 32.1. The zero-order valence-corrected chi connectivity index (χ0v) is 11.5. The summed E-state index contributed by atoms with van der Waals surface area (Å²) < 4.78 is 5.19. The van der Waals surface area contributed by atoms with Gasteiger partial charge in [-0.1, -0.05) is 13.0 Å². The Balaban J connectivity index is 2.27. The zero-order chi connectivity index (χ0) is 12.8. The molecule has 4 nitrogen and oxygen atoms in total. The van der Waals surface area contributed by atoms with Crippen LogP contribution in [0.3, 0.4) is 0 Å². The molecule has 96 valence electrons. The van der Waals surface area contributed by atoms with Gasteiger partial charge in [0.1, 0.15) is 5.01 Å². The molecule has 0 spiro atoms. The summed E-state index contributed by atoms with van der Waals surface area (Å²) >= 11 is 1.68. The van der Waals surface area contributed by atoms with Gasteiger partial charge < -0.3 is 10.1 Å². The Morgan fingerprint density at radius 1 is 1.39 bits per heavy atom. The lowest BCUT2D eigenvalue weighted by atomic mass is 10.3. The van der Waals surface area contributed by atoms with Gasteiger partial charge in [-0.05, 0) is 18.7 Å². The van der Waals surface area contributed by atoms with Gasteiger partial charge >= 0.3 is 0 Å². The number of ether oxygens (including phenoxy) is 1. The summed E-state index contributed by atoms with van der Waals surface area (Å²) in [5.74, 6) is 0. The van der Waals surface area contributed by atoms with Gasteiger partial charge in [-0.25, -0.2) is 4.98 Å². The highest BCUT2D eigenvalue weighted by Gasteiger charge is 2.12. The van der Waals surface area contributed by atoms with Crippen molar-refractivity contribution in [1.82, 2.24) is 15.3 Å². The van der Waals surface area contributed by atoms with E-state index >= 15 is 0 Å². The van der Waals surface area contributed by atoms with Crippen molar-refractivity contribution in [3.05, 3.63) is 35.0 Å². The molecule has 2 rings (SSSR count). The van der Waals surface area contributed by atoms with Gasteiger partial charge in [0, 0.05) is 24.7 Å². The van der Waals surface area contributed by atoms with Gasteiger partial charge in [0.25, 0.3) is 0 Å². The molecule has 2 aromatic heterocycles. The number of nitrogens with one attached hydrogen (secondary N) is 1. The number of aromatic nitrogens is 2. The molecule has 0 saturated heterocycles. The molecule has 0 saturated carbocycles. The van der Waals surface area contributed by atoms with E-state index in [1.54, 1.807) is 24.6 Å². The number of rotatable bonds is 6. The van der Waals surface area contributed by atoms with Crippen molar-refractivity contribution in [2.24, 2.45) is 0 Å². The molecule has 0 radical (unpaired) electrons. The first-order chi connectivity index (χ1) is 8.85. The summed E-state index contributed by atoms with van der Waals surface area (Å²) in [5, 5.41) is 4.28. The van der Waals surface area contributed by atoms with Crippen molar-refractivity contribution in [3.8, 4) is 10.7 Å². The summed E-state index contributed by atoms with van der Waals surface area (Å²) in [7, 11) is 1.69. The molecule has 2 heterocycles. The van der Waals surface area contributed by atoms with E-state index in [1.807, 2.05) is 18.2 Å². The fourth-order valence-electron chi connectivity index (χ4n) is 1.61. The number of hydrogen-bond donors (Lipinski definition) is 1. The van der Waals surface area contributed by atoms with Crippen LogP contribution in [-0.2, 0) is 17.9 Å². The lowest BCUT2D eigenvalue weighted by molar-refractivity contribution is 0.181. The Kier molecular flexibility index (Phi) is 4.81. The second-order valence-corrected chi connectivity index (χ2v) is 4.90. The molecular weight excluding hydrogens is 246 g/mol. The minimum atomic E-state index is 0.546. The molecule has 18 heavy (non-hydrogen) atoms. The molecule has 0 aliphatic heterocycles. The number of hydrogen-bond acceptors (Lipinski definition) is 5. The number of thiazole rings is 1. The highest BCUT2D eigenvalue weighted by Crippen LogP contribution is 2.27. The summed E-state index contributed by atoms with van der Waals surface area (Å²) in [5.41, 5.74) is 1.92. The number of nitrogens with zero attached hydrogens (tertiary/aromatic N) is 2. The van der Waals surface area contributed by atoms with Crippen LogP contribution >= 0.6 is 11.3 Å². The van der Waals surface area contributed by atoms with Crippen LogP contribution in [0.25, 0.3) is 10.7 Å². The fourth-order valence-corrected chi connectivity index (χ4v) is 2.62. The fraction of sp³-hybridized carbons (Fsp3) is 0.385. The molecule has 0 unspecified atom stereocenters. The van der Waals surface area contributed by atoms with E-state index in [2.05, 4.69) is 22.2 Å². The standard InChI is InChI=1S/C13H17N3OS/c1-3-14-8-12-11(9-17-2)16-13(18-12)10-6-4-5-7-15-10/h4-7,14H,3,8-9H2,1-2H3. The molecule has 0 fully saturated rings. The molecule has 0 aromatic carbocycles. The predicted octanol–water partition coefficient (Wildman–Crippen LogP) is 2.46. The van der Waals surface area contributed by atoms with Crippen molar-refractivity contribution < 1.29 is 4.74 Å². The predicted molar refractivity (Wildman–Crippen MR) is 73.4 cm³/mol. The van der Waals surface area contributed by atoms with Crippen LogP contribution in [0.1, 0.15) is 17.5 Å². The first kappa shape index (κ1) is 13.1. The second-order valence-electron chi connectivity index (χ2n) is 3.82. The van der Waals surface area contributed by atoms with Gasteiger partial charge in [0.05, 0.1) is 18.0 Å². The SMILES string of the molecule is CCNCc1sc(-c2ccccn2)nc1COC. The topological polar surface area (TPSA) is 47.0 Å². The lowest BCUT2D eigenvalue weighted by Crippen LogP contribution is -2.12. The normalized spacial score (nSPS) is 10.8. The van der Waals surface area contributed by atoms with Crippen LogP contribution in [0.15, 0.2) is 24.4 Å². The lowest BCUT2D eigenvalue weighted by Gasteiger charge is -2.00. The van der Waals surface area contributed by atoms with E-state index in [0.717, 1.165) is 29.5 Å². The summed E-state index contributed by atoms with van der Waals surface area (Å²) in [6, 6.07) is 5.86. The van der Waals surface area contributed by atoms with Gasteiger partial charge in [-0.3, -0.25) is 4.98 Å². The molecule has 1 N–H and O–H groups in total. The number of pyridine rings is 1. The summed E-state index contributed by atoms with van der Waals surface area (Å²) in [6.45, 7) is 4.42. The maximum absolute atomic E-state index is 5.19. The van der Waals surface area contributed by atoms with Crippen LogP contribution in [0.4, 0.5) is 0 Å². The summed E-state index contributed by atoms with van der Waals surface area (Å²) in [6.07, 6.45) is 1.79. The Bertz CT molecular complexity index is 484. The van der Waals surface area contributed by atoms with E-state index in [1.165, 1.54) is 4.88 Å². The highest BCUT2D eigenvalue weighted by molar-refractivity contribution is 7.15. The first-order valence-electron chi connectivity index (χ1n) is 5.94. The molecule has 2 aromatic rings. The Morgan fingerprint density at radius 3 is 2.94 bits per heavy atom. The third-order valence-electron chi connectivity index (χ3n) is 2.48. The maximum atomic E-state index is 5.19. The molecule has 0 amide bonds. The van der Waals surface area contributed by atoms with Crippen molar-refractivity contribution >= 4 is 11.3 Å².